The third-order valence-electron chi connectivity index (χ3n) is 3.59. The third-order valence-corrected chi connectivity index (χ3v) is 3.59. The minimum atomic E-state index is -0.651. The smallest absolute Gasteiger partial charge is 0.273 e. The average molecular weight is 324 g/mol. The van der Waals surface area contributed by atoms with Crippen LogP contribution in [-0.2, 0) is 0 Å². The zero-order valence-electron chi connectivity index (χ0n) is 14.2. The Bertz CT molecular complexity index is 479. The Hall–Kier alpha value is -1.66. The summed E-state index contributed by atoms with van der Waals surface area (Å²) in [5, 5.41) is 23.9. The van der Waals surface area contributed by atoms with Crippen molar-refractivity contribution in [2.24, 2.45) is 5.92 Å². The number of nitrogens with zero attached hydrogens (tertiary/aromatic N) is 1. The molecule has 0 amide bonds. The summed E-state index contributed by atoms with van der Waals surface area (Å²) in [7, 11) is 0. The Morgan fingerprint density at radius 2 is 2.04 bits per heavy atom. The lowest BCUT2D eigenvalue weighted by Gasteiger charge is -2.18. The highest BCUT2D eigenvalue weighted by Gasteiger charge is 2.10. The minimum absolute atomic E-state index is 0.0195. The number of rotatable bonds is 11. The lowest BCUT2D eigenvalue weighted by molar-refractivity contribution is -0.384. The van der Waals surface area contributed by atoms with Gasteiger partial charge in [-0.25, -0.2) is 0 Å². The summed E-state index contributed by atoms with van der Waals surface area (Å²) in [4.78, 5) is 10.2. The first-order chi connectivity index (χ1) is 10.9. The molecular formula is C17H28N2O4. The molecule has 1 aromatic carbocycles. The Morgan fingerprint density at radius 1 is 1.30 bits per heavy atom. The predicted molar refractivity (Wildman–Crippen MR) is 90.8 cm³/mol. The summed E-state index contributed by atoms with van der Waals surface area (Å²) < 4.78 is 5.41. The van der Waals surface area contributed by atoms with Crippen LogP contribution in [0.4, 0.5) is 5.69 Å². The number of aliphatic hydroxyl groups excluding tert-OH is 1. The molecule has 1 aromatic rings. The number of benzene rings is 1. The van der Waals surface area contributed by atoms with E-state index < -0.39 is 11.0 Å². The van der Waals surface area contributed by atoms with Crippen LogP contribution >= 0.6 is 0 Å². The Kier molecular flexibility index (Phi) is 8.58. The predicted octanol–water partition coefficient (Wildman–Crippen LogP) is 3.14. The summed E-state index contributed by atoms with van der Waals surface area (Å²) in [6.07, 6.45) is 2.81. The molecule has 0 radical (unpaired) electrons. The van der Waals surface area contributed by atoms with E-state index >= 15 is 0 Å². The molecular weight excluding hydrogens is 296 g/mol. The molecule has 130 valence electrons. The number of nitrogens with one attached hydrogen (secondary N) is 1. The Labute approximate surface area is 138 Å². The average Bonchev–Trinajstić information content (AvgIpc) is 2.50. The fraction of sp³-hybridized carbons (Fsp3) is 0.647. The number of non-ortho nitro benzene ring substituents is 1. The quantitative estimate of drug-likeness (QED) is 0.482. The van der Waals surface area contributed by atoms with E-state index in [4.69, 9.17) is 4.74 Å². The molecule has 0 unspecified atom stereocenters. The van der Waals surface area contributed by atoms with Gasteiger partial charge in [-0.2, -0.15) is 0 Å². The fourth-order valence-electron chi connectivity index (χ4n) is 2.21. The van der Waals surface area contributed by atoms with E-state index in [0.717, 1.165) is 12.3 Å². The molecule has 0 bridgehead atoms. The minimum Gasteiger partial charge on any atom is -0.491 e. The zero-order valence-corrected chi connectivity index (χ0v) is 14.2. The van der Waals surface area contributed by atoms with Crippen LogP contribution in [-0.4, -0.2) is 35.3 Å². The van der Waals surface area contributed by atoms with E-state index in [2.05, 4.69) is 26.1 Å². The van der Waals surface area contributed by atoms with Crippen molar-refractivity contribution in [2.45, 2.75) is 52.2 Å². The maximum Gasteiger partial charge on any atom is 0.273 e. The number of ether oxygens (including phenoxy) is 1. The molecule has 0 heterocycles. The molecule has 0 aromatic heterocycles. The molecule has 0 aliphatic carbocycles. The van der Waals surface area contributed by atoms with E-state index in [0.29, 0.717) is 18.3 Å². The standard InChI is InChI=1S/C17H28N2O4/c1-13(2)6-4-7-14(3)18-11-16(20)12-23-17-9-5-8-15(10-17)19(21)22/h5,8-10,13-14,16,18,20H,4,6-7,11-12H2,1-3H3/t14-,16-/m0/s1. The first-order valence-electron chi connectivity index (χ1n) is 8.17. The molecule has 0 aliphatic rings. The van der Waals surface area contributed by atoms with Crippen LogP contribution < -0.4 is 10.1 Å². The van der Waals surface area contributed by atoms with Gasteiger partial charge in [-0.1, -0.05) is 32.8 Å². The van der Waals surface area contributed by atoms with Crippen LogP contribution in [0.3, 0.4) is 0 Å². The lowest BCUT2D eigenvalue weighted by atomic mass is 10.0. The van der Waals surface area contributed by atoms with Crippen molar-refractivity contribution in [1.82, 2.24) is 5.32 Å². The van der Waals surface area contributed by atoms with Gasteiger partial charge in [0, 0.05) is 18.7 Å². The van der Waals surface area contributed by atoms with Gasteiger partial charge in [0.25, 0.3) is 5.69 Å². The van der Waals surface area contributed by atoms with Gasteiger partial charge in [-0.05, 0) is 25.3 Å². The number of hydrogen-bond donors (Lipinski definition) is 2. The highest BCUT2D eigenvalue weighted by molar-refractivity contribution is 5.37. The first-order valence-corrected chi connectivity index (χ1v) is 8.17. The first kappa shape index (κ1) is 19.4. The molecule has 0 saturated heterocycles. The van der Waals surface area contributed by atoms with E-state index in [1.165, 1.54) is 25.0 Å². The van der Waals surface area contributed by atoms with Crippen molar-refractivity contribution in [3.8, 4) is 5.75 Å². The topological polar surface area (TPSA) is 84.6 Å². The lowest BCUT2D eigenvalue weighted by Crippen LogP contribution is -2.36. The van der Waals surface area contributed by atoms with Crippen molar-refractivity contribution in [3.05, 3.63) is 34.4 Å². The Morgan fingerprint density at radius 3 is 2.70 bits per heavy atom. The monoisotopic (exact) mass is 324 g/mol. The SMILES string of the molecule is CC(C)CCC[C@H](C)NC[C@H](O)COc1cccc([N+](=O)[O-])c1. The van der Waals surface area contributed by atoms with Crippen LogP contribution in [0.25, 0.3) is 0 Å². The molecule has 0 aliphatic heterocycles. The Balaban J connectivity index is 2.25. The second-order valence-corrected chi connectivity index (χ2v) is 6.35. The summed E-state index contributed by atoms with van der Waals surface area (Å²) in [5.74, 6) is 1.11. The molecule has 6 heteroatoms. The van der Waals surface area contributed by atoms with Crippen LogP contribution in [0.15, 0.2) is 24.3 Å². The highest BCUT2D eigenvalue weighted by Crippen LogP contribution is 2.19. The van der Waals surface area contributed by atoms with E-state index in [-0.39, 0.29) is 12.3 Å². The summed E-state index contributed by atoms with van der Waals surface area (Å²) in [6.45, 7) is 7.08. The van der Waals surface area contributed by atoms with Crippen molar-refractivity contribution < 1.29 is 14.8 Å². The van der Waals surface area contributed by atoms with Gasteiger partial charge in [0.05, 0.1) is 11.0 Å². The number of nitro benzene ring substituents is 1. The molecule has 1 rings (SSSR count). The normalized spacial score (nSPS) is 13.8. The molecule has 2 N–H and O–H groups in total. The molecule has 0 saturated carbocycles. The third kappa shape index (κ3) is 8.52. The largest absolute Gasteiger partial charge is 0.491 e. The van der Waals surface area contributed by atoms with E-state index in [1.807, 2.05) is 0 Å². The van der Waals surface area contributed by atoms with Crippen LogP contribution in [0, 0.1) is 16.0 Å². The highest BCUT2D eigenvalue weighted by atomic mass is 16.6. The van der Waals surface area contributed by atoms with Crippen LogP contribution in [0.5, 0.6) is 5.75 Å². The van der Waals surface area contributed by atoms with Crippen molar-refractivity contribution in [3.63, 3.8) is 0 Å². The van der Waals surface area contributed by atoms with Gasteiger partial charge in [0.1, 0.15) is 18.5 Å². The summed E-state index contributed by atoms with van der Waals surface area (Å²) in [5.41, 5.74) is -0.0195. The second kappa shape index (κ2) is 10.2. The van der Waals surface area contributed by atoms with Crippen molar-refractivity contribution in [1.29, 1.82) is 0 Å². The van der Waals surface area contributed by atoms with Gasteiger partial charge in [-0.15, -0.1) is 0 Å². The molecule has 0 spiro atoms. The van der Waals surface area contributed by atoms with Crippen LogP contribution in [0.2, 0.25) is 0 Å². The van der Waals surface area contributed by atoms with E-state index in [1.54, 1.807) is 12.1 Å². The van der Waals surface area contributed by atoms with Gasteiger partial charge < -0.3 is 15.2 Å². The van der Waals surface area contributed by atoms with Crippen LogP contribution in [0.1, 0.15) is 40.0 Å². The van der Waals surface area contributed by atoms with Gasteiger partial charge in [0.2, 0.25) is 0 Å². The summed E-state index contributed by atoms with van der Waals surface area (Å²) >= 11 is 0. The fourth-order valence-corrected chi connectivity index (χ4v) is 2.21. The molecule has 6 nitrogen and oxygen atoms in total. The van der Waals surface area contributed by atoms with Gasteiger partial charge >= 0.3 is 0 Å². The molecule has 23 heavy (non-hydrogen) atoms. The van der Waals surface area contributed by atoms with Gasteiger partial charge in [0.15, 0.2) is 0 Å². The van der Waals surface area contributed by atoms with Gasteiger partial charge in [-0.3, -0.25) is 10.1 Å². The van der Waals surface area contributed by atoms with Crippen molar-refractivity contribution in [2.75, 3.05) is 13.2 Å². The van der Waals surface area contributed by atoms with E-state index in [9.17, 15) is 15.2 Å². The maximum absolute atomic E-state index is 10.7. The number of nitro groups is 1. The summed E-state index contributed by atoms with van der Waals surface area (Å²) in [6, 6.07) is 6.32. The number of hydrogen-bond acceptors (Lipinski definition) is 5. The maximum atomic E-state index is 10.7. The molecule has 2 atom stereocenters. The second-order valence-electron chi connectivity index (χ2n) is 6.35. The number of aliphatic hydroxyl groups is 1. The molecule has 0 fully saturated rings. The zero-order chi connectivity index (χ0) is 17.2. The van der Waals surface area contributed by atoms with Crippen molar-refractivity contribution >= 4 is 5.69 Å².